The van der Waals surface area contributed by atoms with Crippen molar-refractivity contribution in [3.63, 3.8) is 0 Å². The summed E-state index contributed by atoms with van der Waals surface area (Å²) in [5, 5.41) is 8.26. The van der Waals surface area contributed by atoms with Gasteiger partial charge in [-0.25, -0.2) is 9.67 Å². The van der Waals surface area contributed by atoms with Crippen LogP contribution in [0.25, 0.3) is 0 Å². The van der Waals surface area contributed by atoms with E-state index in [-0.39, 0.29) is 6.04 Å². The molecule has 1 aliphatic heterocycles. The van der Waals surface area contributed by atoms with Crippen LogP contribution in [0.2, 0.25) is 0 Å². The second kappa shape index (κ2) is 6.02. The number of nitrogens with one attached hydrogen (secondary N) is 1. The van der Waals surface area contributed by atoms with E-state index in [9.17, 15) is 0 Å². The van der Waals surface area contributed by atoms with Crippen molar-refractivity contribution >= 4 is 0 Å². The summed E-state index contributed by atoms with van der Waals surface area (Å²) in [4.78, 5) is 4.46. The van der Waals surface area contributed by atoms with Crippen molar-refractivity contribution in [2.75, 3.05) is 19.8 Å². The SMILES string of the molecule is CCCNC1CCC2(CC1n1nc(C)nc1C)OCCO2. The Morgan fingerprint density at radius 1 is 1.33 bits per heavy atom. The molecular formula is C15H26N4O2. The quantitative estimate of drug-likeness (QED) is 0.916. The number of rotatable bonds is 4. The summed E-state index contributed by atoms with van der Waals surface area (Å²) in [6, 6.07) is 0.646. The summed E-state index contributed by atoms with van der Waals surface area (Å²) in [6.07, 6.45) is 3.98. The zero-order chi connectivity index (χ0) is 14.9. The van der Waals surface area contributed by atoms with Crippen LogP contribution in [0, 0.1) is 13.8 Å². The minimum atomic E-state index is -0.401. The third kappa shape index (κ3) is 2.98. The Bertz CT molecular complexity index is 482. The Morgan fingerprint density at radius 2 is 2.10 bits per heavy atom. The van der Waals surface area contributed by atoms with Crippen LogP contribution >= 0.6 is 0 Å². The van der Waals surface area contributed by atoms with Crippen molar-refractivity contribution in [2.45, 2.75) is 64.3 Å². The normalized spacial score (nSPS) is 28.3. The molecule has 1 aromatic rings. The topological polar surface area (TPSA) is 61.2 Å². The van der Waals surface area contributed by atoms with Gasteiger partial charge in [0, 0.05) is 18.9 Å². The average Bonchev–Trinajstić information content (AvgIpc) is 3.04. The summed E-state index contributed by atoms with van der Waals surface area (Å²) in [7, 11) is 0. The van der Waals surface area contributed by atoms with Crippen LogP contribution in [0.5, 0.6) is 0 Å². The smallest absolute Gasteiger partial charge is 0.170 e. The molecule has 0 aromatic carbocycles. The van der Waals surface area contributed by atoms with Crippen LogP contribution in [0.4, 0.5) is 0 Å². The Kier molecular flexibility index (Phi) is 4.28. The molecule has 2 atom stereocenters. The maximum Gasteiger partial charge on any atom is 0.170 e. The van der Waals surface area contributed by atoms with E-state index >= 15 is 0 Å². The summed E-state index contributed by atoms with van der Waals surface area (Å²) in [5.74, 6) is 1.40. The van der Waals surface area contributed by atoms with Gasteiger partial charge in [0.05, 0.1) is 19.3 Å². The number of aromatic nitrogens is 3. The molecule has 21 heavy (non-hydrogen) atoms. The molecule has 1 spiro atoms. The lowest BCUT2D eigenvalue weighted by atomic mass is 9.85. The Balaban J connectivity index is 1.83. The number of hydrogen-bond acceptors (Lipinski definition) is 5. The van der Waals surface area contributed by atoms with Crippen LogP contribution < -0.4 is 5.32 Å². The standard InChI is InChI=1S/C15H26N4O2/c1-4-7-16-13-5-6-15(20-8-9-21-15)10-14(13)19-12(3)17-11(2)18-19/h13-14,16H,4-10H2,1-3H3. The van der Waals surface area contributed by atoms with Gasteiger partial charge in [-0.15, -0.1) is 0 Å². The van der Waals surface area contributed by atoms with Gasteiger partial charge in [0.15, 0.2) is 5.79 Å². The Labute approximate surface area is 126 Å². The lowest BCUT2D eigenvalue weighted by Gasteiger charge is -2.41. The highest BCUT2D eigenvalue weighted by Gasteiger charge is 2.46. The second-order valence-electron chi connectivity index (χ2n) is 6.13. The monoisotopic (exact) mass is 294 g/mol. The Morgan fingerprint density at radius 3 is 2.71 bits per heavy atom. The van der Waals surface area contributed by atoms with E-state index in [1.807, 2.05) is 13.8 Å². The summed E-state index contributed by atoms with van der Waals surface area (Å²) >= 11 is 0. The molecule has 6 heteroatoms. The van der Waals surface area contributed by atoms with E-state index in [2.05, 4.69) is 27.0 Å². The van der Waals surface area contributed by atoms with E-state index in [1.54, 1.807) is 0 Å². The van der Waals surface area contributed by atoms with Crippen molar-refractivity contribution < 1.29 is 9.47 Å². The van der Waals surface area contributed by atoms with Gasteiger partial charge in [0.2, 0.25) is 0 Å². The van der Waals surface area contributed by atoms with Gasteiger partial charge in [-0.1, -0.05) is 6.92 Å². The van der Waals surface area contributed by atoms with Gasteiger partial charge in [-0.3, -0.25) is 0 Å². The zero-order valence-corrected chi connectivity index (χ0v) is 13.3. The Hall–Kier alpha value is -0.980. The highest BCUT2D eigenvalue weighted by atomic mass is 16.7. The molecule has 1 aromatic heterocycles. The maximum absolute atomic E-state index is 5.92. The zero-order valence-electron chi connectivity index (χ0n) is 13.3. The molecule has 118 valence electrons. The van der Waals surface area contributed by atoms with Crippen molar-refractivity contribution in [1.82, 2.24) is 20.1 Å². The fourth-order valence-corrected chi connectivity index (χ4v) is 3.56. The fraction of sp³-hybridized carbons (Fsp3) is 0.867. The fourth-order valence-electron chi connectivity index (χ4n) is 3.56. The van der Waals surface area contributed by atoms with Gasteiger partial charge >= 0.3 is 0 Å². The van der Waals surface area contributed by atoms with E-state index in [4.69, 9.17) is 9.47 Å². The first-order valence-corrected chi connectivity index (χ1v) is 8.04. The number of ether oxygens (including phenoxy) is 2. The van der Waals surface area contributed by atoms with Gasteiger partial charge in [0.1, 0.15) is 11.6 Å². The first kappa shape index (κ1) is 14.9. The summed E-state index contributed by atoms with van der Waals surface area (Å²) in [5.41, 5.74) is 0. The molecule has 2 aliphatic rings. The number of nitrogens with zero attached hydrogens (tertiary/aromatic N) is 3. The van der Waals surface area contributed by atoms with E-state index in [1.165, 1.54) is 0 Å². The first-order valence-electron chi connectivity index (χ1n) is 8.04. The molecule has 1 aliphatic carbocycles. The molecule has 1 saturated carbocycles. The first-order chi connectivity index (χ1) is 10.1. The predicted octanol–water partition coefficient (Wildman–Crippen LogP) is 1.73. The molecule has 1 saturated heterocycles. The molecule has 2 heterocycles. The number of aryl methyl sites for hydroxylation is 2. The predicted molar refractivity (Wildman–Crippen MR) is 79.1 cm³/mol. The van der Waals surface area contributed by atoms with Crippen LogP contribution in [-0.2, 0) is 9.47 Å². The molecule has 2 fully saturated rings. The molecule has 2 unspecified atom stereocenters. The van der Waals surface area contributed by atoms with Crippen LogP contribution in [0.15, 0.2) is 0 Å². The number of hydrogen-bond donors (Lipinski definition) is 1. The summed E-state index contributed by atoms with van der Waals surface area (Å²) < 4.78 is 13.9. The lowest BCUT2D eigenvalue weighted by Crippen LogP contribution is -2.49. The van der Waals surface area contributed by atoms with Crippen LogP contribution in [-0.4, -0.2) is 46.4 Å². The van der Waals surface area contributed by atoms with E-state index in [0.29, 0.717) is 19.3 Å². The molecule has 6 nitrogen and oxygen atoms in total. The van der Waals surface area contributed by atoms with Gasteiger partial charge in [-0.05, 0) is 33.2 Å². The highest BCUT2D eigenvalue weighted by molar-refractivity contribution is 4.99. The maximum atomic E-state index is 5.92. The highest BCUT2D eigenvalue weighted by Crippen LogP contribution is 2.41. The molecule has 3 rings (SSSR count). The molecular weight excluding hydrogens is 268 g/mol. The molecule has 0 radical (unpaired) electrons. The van der Waals surface area contributed by atoms with Crippen LogP contribution in [0.3, 0.4) is 0 Å². The van der Waals surface area contributed by atoms with Crippen molar-refractivity contribution in [3.8, 4) is 0 Å². The minimum absolute atomic E-state index is 0.240. The van der Waals surface area contributed by atoms with Crippen molar-refractivity contribution in [2.24, 2.45) is 0 Å². The molecule has 0 bridgehead atoms. The second-order valence-corrected chi connectivity index (χ2v) is 6.13. The van der Waals surface area contributed by atoms with Gasteiger partial charge < -0.3 is 14.8 Å². The minimum Gasteiger partial charge on any atom is -0.347 e. The van der Waals surface area contributed by atoms with E-state index in [0.717, 1.165) is 43.9 Å². The molecule has 1 N–H and O–H groups in total. The third-order valence-electron chi connectivity index (χ3n) is 4.51. The lowest BCUT2D eigenvalue weighted by molar-refractivity contribution is -0.189. The third-order valence-corrected chi connectivity index (χ3v) is 4.51. The van der Waals surface area contributed by atoms with Crippen molar-refractivity contribution in [3.05, 3.63) is 11.6 Å². The van der Waals surface area contributed by atoms with E-state index < -0.39 is 5.79 Å². The summed E-state index contributed by atoms with van der Waals surface area (Å²) in [6.45, 7) is 8.60. The largest absolute Gasteiger partial charge is 0.347 e. The van der Waals surface area contributed by atoms with Gasteiger partial charge in [0.25, 0.3) is 0 Å². The van der Waals surface area contributed by atoms with Crippen molar-refractivity contribution in [1.29, 1.82) is 0 Å². The average molecular weight is 294 g/mol. The van der Waals surface area contributed by atoms with Gasteiger partial charge in [-0.2, -0.15) is 5.10 Å². The molecule has 0 amide bonds. The van der Waals surface area contributed by atoms with Crippen LogP contribution in [0.1, 0.15) is 50.3 Å².